The lowest BCUT2D eigenvalue weighted by molar-refractivity contribution is -0.145. The number of ether oxygens (including phenoxy) is 2. The number of carboxylic acid groups (broad SMARTS) is 2. The molecule has 0 heterocycles. The lowest BCUT2D eigenvalue weighted by Crippen LogP contribution is -2.49. The summed E-state index contributed by atoms with van der Waals surface area (Å²) < 4.78 is 14.2. The Labute approximate surface area is 322 Å². The van der Waals surface area contributed by atoms with Gasteiger partial charge in [0.2, 0.25) is 0 Å². The molecule has 10 heteroatoms. The van der Waals surface area contributed by atoms with E-state index in [0.29, 0.717) is 52.0 Å². The summed E-state index contributed by atoms with van der Waals surface area (Å²) in [7, 11) is 0. The summed E-state index contributed by atoms with van der Waals surface area (Å²) in [5.41, 5.74) is 7.06. The minimum atomic E-state index is -0.831. The largest absolute Gasteiger partial charge is 0.488 e. The number of aliphatic carboxylic acids is 2. The molecule has 0 unspecified atom stereocenters. The molecule has 8 nitrogen and oxygen atoms in total. The molecule has 2 saturated carbocycles. The average molecular weight is 835 g/mol. The highest BCUT2D eigenvalue weighted by Gasteiger charge is 2.41. The number of hydrogen-bond donors (Lipinski definition) is 4. The van der Waals surface area contributed by atoms with Crippen molar-refractivity contribution >= 4 is 43.8 Å². The molecule has 0 bridgehead atoms. The van der Waals surface area contributed by atoms with E-state index in [-0.39, 0.29) is 0 Å². The van der Waals surface area contributed by atoms with E-state index in [2.05, 4.69) is 92.7 Å². The Bertz CT molecular complexity index is 1800. The molecular formula is C42H46Br2N2O6. The maximum atomic E-state index is 11.9. The van der Waals surface area contributed by atoms with Gasteiger partial charge in [-0.1, -0.05) is 74.2 Å². The second-order valence-electron chi connectivity index (χ2n) is 14.2. The van der Waals surface area contributed by atoms with Crippen LogP contribution in [0.25, 0.3) is 11.1 Å². The minimum Gasteiger partial charge on any atom is -0.488 e. The first-order chi connectivity index (χ1) is 25.0. The maximum absolute atomic E-state index is 11.9. The number of halogens is 2. The summed E-state index contributed by atoms with van der Waals surface area (Å²) >= 11 is 7.33. The van der Waals surface area contributed by atoms with Crippen LogP contribution in [0.5, 0.6) is 11.5 Å². The predicted molar refractivity (Wildman–Crippen MR) is 210 cm³/mol. The molecule has 274 valence electrons. The van der Waals surface area contributed by atoms with Crippen LogP contribution in [0.15, 0.2) is 81.7 Å². The van der Waals surface area contributed by atoms with Gasteiger partial charge in [-0.05, 0) is 140 Å². The van der Waals surface area contributed by atoms with Crippen LogP contribution < -0.4 is 20.1 Å². The Morgan fingerprint density at radius 2 is 1.02 bits per heavy atom. The molecule has 0 atom stereocenters. The molecule has 0 aliphatic heterocycles. The van der Waals surface area contributed by atoms with Crippen molar-refractivity contribution in [2.45, 2.75) is 103 Å². The van der Waals surface area contributed by atoms with E-state index in [4.69, 9.17) is 9.47 Å². The van der Waals surface area contributed by atoms with E-state index >= 15 is 0 Å². The molecule has 52 heavy (non-hydrogen) atoms. The number of rotatable bonds is 15. The predicted octanol–water partition coefficient (Wildman–Crippen LogP) is 9.63. The number of nitrogens with one attached hydrogen (secondary N) is 2. The SMILES string of the molecule is Cc1c(COc2ccc(CNC3(C(=O)O)CCCC3)cc2Br)cccc1-c1cccc(COc2ccc(CNC3(C(=O)O)CCCC3)cc2Br)c1C. The lowest BCUT2D eigenvalue weighted by Gasteiger charge is -2.25. The summed E-state index contributed by atoms with van der Waals surface area (Å²) in [6.07, 6.45) is 6.37. The summed E-state index contributed by atoms with van der Waals surface area (Å²) in [5, 5.41) is 26.2. The van der Waals surface area contributed by atoms with E-state index in [9.17, 15) is 19.8 Å². The standard InChI is InChI=1S/C42H46Br2N2O6/c1-27-31(25-51-37-15-13-29(21-35(37)43)23-45-41(39(47)48)17-3-4-18-41)9-7-11-33(27)34-12-8-10-32(28(34)2)26-52-38-16-14-30(22-36(38)44)24-46-42(40(49)50)19-5-6-20-42/h7-16,21-22,45-46H,3-6,17-20,23-26H2,1-2H3,(H,47,48)(H,49,50). The van der Waals surface area contributed by atoms with Gasteiger partial charge in [0.25, 0.3) is 0 Å². The van der Waals surface area contributed by atoms with E-state index in [0.717, 1.165) is 90.6 Å². The van der Waals surface area contributed by atoms with Crippen LogP contribution in [0, 0.1) is 13.8 Å². The molecule has 4 aromatic carbocycles. The second-order valence-corrected chi connectivity index (χ2v) is 15.9. The van der Waals surface area contributed by atoms with E-state index in [1.54, 1.807) is 0 Å². The molecule has 2 aliphatic rings. The first kappa shape index (κ1) is 38.0. The zero-order valence-electron chi connectivity index (χ0n) is 29.7. The minimum absolute atomic E-state index is 0.399. The van der Waals surface area contributed by atoms with Crippen molar-refractivity contribution in [1.29, 1.82) is 0 Å². The monoisotopic (exact) mass is 832 g/mol. The number of hydrogen-bond acceptors (Lipinski definition) is 6. The van der Waals surface area contributed by atoms with Gasteiger partial charge in [-0.3, -0.25) is 20.2 Å². The Balaban J connectivity index is 1.08. The van der Waals surface area contributed by atoms with Crippen LogP contribution in [0.4, 0.5) is 0 Å². The van der Waals surface area contributed by atoms with Gasteiger partial charge in [-0.2, -0.15) is 0 Å². The highest BCUT2D eigenvalue weighted by atomic mass is 79.9. The molecule has 0 saturated heterocycles. The first-order valence-electron chi connectivity index (χ1n) is 18.0. The van der Waals surface area contributed by atoms with Gasteiger partial charge in [-0.25, -0.2) is 0 Å². The normalized spacial score (nSPS) is 16.2. The number of carboxylic acids is 2. The zero-order valence-corrected chi connectivity index (χ0v) is 32.9. The lowest BCUT2D eigenvalue weighted by atomic mass is 9.92. The highest BCUT2D eigenvalue weighted by molar-refractivity contribution is 9.10. The van der Waals surface area contributed by atoms with Gasteiger partial charge >= 0.3 is 11.9 Å². The highest BCUT2D eigenvalue weighted by Crippen LogP contribution is 2.35. The van der Waals surface area contributed by atoms with Crippen LogP contribution in [0.1, 0.15) is 84.7 Å². The summed E-state index contributed by atoms with van der Waals surface area (Å²) in [6, 6.07) is 24.4. The van der Waals surface area contributed by atoms with Crippen molar-refractivity contribution in [2.24, 2.45) is 0 Å². The molecule has 6 rings (SSSR count). The van der Waals surface area contributed by atoms with E-state index < -0.39 is 23.0 Å². The Morgan fingerprint density at radius 1 is 0.635 bits per heavy atom. The molecule has 0 aromatic heterocycles. The van der Waals surface area contributed by atoms with Crippen molar-refractivity contribution in [2.75, 3.05) is 0 Å². The van der Waals surface area contributed by atoms with Crippen molar-refractivity contribution in [1.82, 2.24) is 10.6 Å². The fourth-order valence-corrected chi connectivity index (χ4v) is 8.63. The van der Waals surface area contributed by atoms with E-state index in [1.807, 2.05) is 36.4 Å². The number of carbonyl (C=O) groups is 2. The van der Waals surface area contributed by atoms with Crippen molar-refractivity contribution in [3.63, 3.8) is 0 Å². The Hall–Kier alpha value is -3.70. The molecule has 4 N–H and O–H groups in total. The zero-order chi connectivity index (χ0) is 36.9. The first-order valence-corrected chi connectivity index (χ1v) is 19.6. The molecule has 4 aromatic rings. The van der Waals surface area contributed by atoms with Gasteiger partial charge in [0, 0.05) is 13.1 Å². The van der Waals surface area contributed by atoms with Crippen molar-refractivity contribution < 1.29 is 29.3 Å². The summed E-state index contributed by atoms with van der Waals surface area (Å²) in [6.45, 7) is 6.01. The van der Waals surface area contributed by atoms with Crippen LogP contribution in [-0.2, 0) is 35.9 Å². The van der Waals surface area contributed by atoms with Crippen LogP contribution >= 0.6 is 31.9 Å². The van der Waals surface area contributed by atoms with Gasteiger partial charge in [0.05, 0.1) is 8.95 Å². The summed E-state index contributed by atoms with van der Waals surface area (Å²) in [4.78, 5) is 23.8. The molecule has 0 spiro atoms. The Kier molecular flexibility index (Phi) is 12.1. The van der Waals surface area contributed by atoms with Crippen LogP contribution in [0.2, 0.25) is 0 Å². The Morgan fingerprint density at radius 3 is 1.37 bits per heavy atom. The third kappa shape index (κ3) is 8.41. The topological polar surface area (TPSA) is 117 Å². The van der Waals surface area contributed by atoms with Gasteiger partial charge < -0.3 is 19.7 Å². The summed E-state index contributed by atoms with van der Waals surface area (Å²) in [5.74, 6) is -0.0826. The van der Waals surface area contributed by atoms with Gasteiger partial charge in [0.1, 0.15) is 35.8 Å². The molecule has 0 radical (unpaired) electrons. The fraction of sp³-hybridized carbons (Fsp3) is 0.381. The molecular weight excluding hydrogens is 788 g/mol. The second kappa shape index (κ2) is 16.5. The maximum Gasteiger partial charge on any atom is 0.323 e. The third-order valence-electron chi connectivity index (χ3n) is 10.9. The van der Waals surface area contributed by atoms with E-state index in [1.165, 1.54) is 0 Å². The van der Waals surface area contributed by atoms with Gasteiger partial charge in [0.15, 0.2) is 0 Å². The average Bonchev–Trinajstić information content (AvgIpc) is 3.82. The molecule has 2 fully saturated rings. The van der Waals surface area contributed by atoms with Crippen LogP contribution in [0.3, 0.4) is 0 Å². The smallest absolute Gasteiger partial charge is 0.323 e. The van der Waals surface area contributed by atoms with Gasteiger partial charge in [-0.15, -0.1) is 0 Å². The van der Waals surface area contributed by atoms with Crippen molar-refractivity contribution in [3.8, 4) is 22.6 Å². The quantitative estimate of drug-likeness (QED) is 0.0937. The molecule has 0 amide bonds. The molecule has 2 aliphatic carbocycles. The fourth-order valence-electron chi connectivity index (χ4n) is 7.55. The number of benzene rings is 4. The third-order valence-corrected chi connectivity index (χ3v) is 12.2. The van der Waals surface area contributed by atoms with Crippen molar-refractivity contribution in [3.05, 3.63) is 115 Å². The van der Waals surface area contributed by atoms with Crippen LogP contribution in [-0.4, -0.2) is 33.2 Å².